The van der Waals surface area contributed by atoms with E-state index in [4.69, 9.17) is 9.57 Å². The molecule has 1 saturated carbocycles. The summed E-state index contributed by atoms with van der Waals surface area (Å²) in [5.41, 5.74) is -0.590. The molecular weight excluding hydrogens is 222 g/mol. The van der Waals surface area contributed by atoms with Crippen molar-refractivity contribution in [3.8, 4) is 0 Å². The van der Waals surface area contributed by atoms with Crippen LogP contribution in [0.4, 0.5) is 4.79 Å². The van der Waals surface area contributed by atoms with Gasteiger partial charge in [-0.1, -0.05) is 6.42 Å². The predicted octanol–water partition coefficient (Wildman–Crippen LogP) is 2.50. The van der Waals surface area contributed by atoms with E-state index in [2.05, 4.69) is 0 Å². The first-order chi connectivity index (χ1) is 7.83. The van der Waals surface area contributed by atoms with Gasteiger partial charge in [0.2, 0.25) is 0 Å². The highest BCUT2D eigenvalue weighted by Gasteiger charge is 2.31. The Morgan fingerprint density at radius 2 is 1.88 bits per heavy atom. The van der Waals surface area contributed by atoms with Crippen LogP contribution in [0.2, 0.25) is 0 Å². The van der Waals surface area contributed by atoms with Crippen molar-refractivity contribution in [1.82, 2.24) is 5.06 Å². The summed E-state index contributed by atoms with van der Waals surface area (Å²) < 4.78 is 5.13. The van der Waals surface area contributed by atoms with Gasteiger partial charge in [-0.15, -0.1) is 5.06 Å². The Morgan fingerprint density at radius 3 is 2.24 bits per heavy atom. The van der Waals surface area contributed by atoms with Gasteiger partial charge in [0.15, 0.2) is 0 Å². The molecular formula is C12H21NO4. The van der Waals surface area contributed by atoms with E-state index in [1.807, 2.05) is 0 Å². The number of ether oxygens (including phenoxy) is 1. The average molecular weight is 243 g/mol. The van der Waals surface area contributed by atoms with Gasteiger partial charge in [0, 0.05) is 0 Å². The minimum absolute atomic E-state index is 0.0495. The molecule has 0 N–H and O–H groups in total. The lowest BCUT2D eigenvalue weighted by molar-refractivity contribution is -0.191. The fraction of sp³-hybridized carbons (Fsp3) is 0.833. The molecule has 1 aliphatic rings. The standard InChI is InChI=1S/C12H21NO4/c1-5-13(11(15)16-12(2,3)4)17-10(14)9-7-6-8-9/h9H,5-8H2,1-4H3. The fourth-order valence-corrected chi connectivity index (χ4v) is 1.37. The minimum Gasteiger partial charge on any atom is -0.442 e. The third-order valence-electron chi connectivity index (χ3n) is 2.52. The molecule has 1 aliphatic carbocycles. The summed E-state index contributed by atoms with van der Waals surface area (Å²) in [5.74, 6) is -0.379. The Balaban J connectivity index is 2.46. The molecule has 98 valence electrons. The number of carbonyl (C=O) groups is 2. The highest BCUT2D eigenvalue weighted by atomic mass is 16.8. The second-order valence-electron chi connectivity index (χ2n) is 5.21. The summed E-state index contributed by atoms with van der Waals surface area (Å²) in [6.45, 7) is 7.33. The molecule has 0 aromatic rings. The molecule has 5 nitrogen and oxygen atoms in total. The van der Waals surface area contributed by atoms with E-state index in [1.165, 1.54) is 0 Å². The summed E-state index contributed by atoms with van der Waals surface area (Å²) in [7, 11) is 0. The highest BCUT2D eigenvalue weighted by molar-refractivity contribution is 5.76. The van der Waals surface area contributed by atoms with Crippen LogP contribution in [0.25, 0.3) is 0 Å². The van der Waals surface area contributed by atoms with Gasteiger partial charge in [0.1, 0.15) is 5.60 Å². The summed E-state index contributed by atoms with van der Waals surface area (Å²) in [4.78, 5) is 28.3. The molecule has 0 radical (unpaired) electrons. The van der Waals surface area contributed by atoms with Crippen molar-refractivity contribution >= 4 is 12.1 Å². The monoisotopic (exact) mass is 243 g/mol. The lowest BCUT2D eigenvalue weighted by Gasteiger charge is -2.28. The van der Waals surface area contributed by atoms with Gasteiger partial charge in [-0.25, -0.2) is 9.59 Å². The maximum absolute atomic E-state index is 11.7. The Labute approximate surface area is 102 Å². The van der Waals surface area contributed by atoms with Crippen LogP contribution in [0.15, 0.2) is 0 Å². The molecule has 1 amide bonds. The van der Waals surface area contributed by atoms with Crippen LogP contribution in [-0.4, -0.2) is 29.3 Å². The zero-order valence-corrected chi connectivity index (χ0v) is 11.0. The van der Waals surface area contributed by atoms with Crippen molar-refractivity contribution in [1.29, 1.82) is 0 Å². The molecule has 0 spiro atoms. The summed E-state index contributed by atoms with van der Waals surface area (Å²) in [6, 6.07) is 0. The number of hydroxylamine groups is 2. The molecule has 1 fully saturated rings. The molecule has 17 heavy (non-hydrogen) atoms. The Kier molecular flexibility index (Phi) is 4.37. The largest absolute Gasteiger partial charge is 0.443 e. The Bertz CT molecular complexity index is 291. The lowest BCUT2D eigenvalue weighted by atomic mass is 9.86. The number of nitrogens with zero attached hydrogens (tertiary/aromatic N) is 1. The van der Waals surface area contributed by atoms with E-state index >= 15 is 0 Å². The molecule has 0 heterocycles. The van der Waals surface area contributed by atoms with Gasteiger partial charge in [0.05, 0.1) is 12.5 Å². The first-order valence-electron chi connectivity index (χ1n) is 6.06. The van der Waals surface area contributed by atoms with Crippen molar-refractivity contribution in [3.63, 3.8) is 0 Å². The predicted molar refractivity (Wildman–Crippen MR) is 62.0 cm³/mol. The van der Waals surface area contributed by atoms with E-state index < -0.39 is 11.7 Å². The van der Waals surface area contributed by atoms with Crippen molar-refractivity contribution < 1.29 is 19.2 Å². The van der Waals surface area contributed by atoms with Crippen molar-refractivity contribution in [2.24, 2.45) is 5.92 Å². The smallest absolute Gasteiger partial charge is 0.442 e. The van der Waals surface area contributed by atoms with Crippen molar-refractivity contribution in [2.45, 2.75) is 52.6 Å². The quantitative estimate of drug-likeness (QED) is 0.699. The van der Waals surface area contributed by atoms with E-state index in [0.717, 1.165) is 24.3 Å². The number of hydrogen-bond donors (Lipinski definition) is 0. The number of amides is 1. The second-order valence-corrected chi connectivity index (χ2v) is 5.21. The lowest BCUT2D eigenvalue weighted by Crippen LogP contribution is -2.40. The van der Waals surface area contributed by atoms with Crippen LogP contribution in [0.1, 0.15) is 47.0 Å². The van der Waals surface area contributed by atoms with E-state index in [0.29, 0.717) is 0 Å². The number of rotatable bonds is 2. The minimum atomic E-state index is -0.618. The van der Waals surface area contributed by atoms with E-state index in [-0.39, 0.29) is 18.4 Å². The van der Waals surface area contributed by atoms with Gasteiger partial charge < -0.3 is 9.57 Å². The topological polar surface area (TPSA) is 55.8 Å². The fourth-order valence-electron chi connectivity index (χ4n) is 1.37. The Morgan fingerprint density at radius 1 is 1.29 bits per heavy atom. The molecule has 0 saturated heterocycles. The van der Waals surface area contributed by atoms with Crippen molar-refractivity contribution in [2.75, 3.05) is 6.54 Å². The zero-order valence-electron chi connectivity index (χ0n) is 11.0. The first kappa shape index (κ1) is 13.8. The van der Waals surface area contributed by atoms with Crippen LogP contribution < -0.4 is 0 Å². The number of carbonyl (C=O) groups excluding carboxylic acids is 2. The van der Waals surface area contributed by atoms with Crippen molar-refractivity contribution in [3.05, 3.63) is 0 Å². The van der Waals surface area contributed by atoms with Crippen LogP contribution >= 0.6 is 0 Å². The molecule has 0 aliphatic heterocycles. The van der Waals surface area contributed by atoms with Gasteiger partial charge >= 0.3 is 12.1 Å². The third kappa shape index (κ3) is 4.24. The van der Waals surface area contributed by atoms with E-state index in [1.54, 1.807) is 27.7 Å². The molecule has 0 aromatic heterocycles. The van der Waals surface area contributed by atoms with Crippen LogP contribution in [0.5, 0.6) is 0 Å². The SMILES string of the molecule is CCN(OC(=O)C1CCC1)C(=O)OC(C)(C)C. The average Bonchev–Trinajstić information content (AvgIpc) is 2.07. The summed E-state index contributed by atoms with van der Waals surface area (Å²) >= 11 is 0. The van der Waals surface area contributed by atoms with Gasteiger partial charge in [0.25, 0.3) is 0 Å². The number of hydrogen-bond acceptors (Lipinski definition) is 4. The van der Waals surface area contributed by atoms with Crippen LogP contribution in [0, 0.1) is 5.92 Å². The molecule has 1 rings (SSSR count). The molecule has 0 unspecified atom stereocenters. The first-order valence-corrected chi connectivity index (χ1v) is 6.06. The third-order valence-corrected chi connectivity index (χ3v) is 2.52. The second kappa shape index (κ2) is 5.38. The molecule has 0 atom stereocenters. The summed E-state index contributed by atoms with van der Waals surface area (Å²) in [6.07, 6.45) is 2.14. The van der Waals surface area contributed by atoms with E-state index in [9.17, 15) is 9.59 Å². The molecule has 0 bridgehead atoms. The zero-order chi connectivity index (χ0) is 13.1. The van der Waals surface area contributed by atoms with Gasteiger partial charge in [-0.2, -0.15) is 0 Å². The maximum atomic E-state index is 11.7. The van der Waals surface area contributed by atoms with Crippen LogP contribution in [-0.2, 0) is 14.4 Å². The normalized spacial score (nSPS) is 16.0. The molecule has 0 aromatic carbocycles. The Hall–Kier alpha value is -1.26. The van der Waals surface area contributed by atoms with Gasteiger partial charge in [-0.05, 0) is 40.5 Å². The molecule has 5 heteroatoms. The maximum Gasteiger partial charge on any atom is 0.443 e. The summed E-state index contributed by atoms with van der Waals surface area (Å²) in [5, 5.41) is 0.978. The van der Waals surface area contributed by atoms with Crippen LogP contribution in [0.3, 0.4) is 0 Å². The highest BCUT2D eigenvalue weighted by Crippen LogP contribution is 2.27. The van der Waals surface area contributed by atoms with Gasteiger partial charge in [-0.3, -0.25) is 0 Å².